The van der Waals surface area contributed by atoms with Gasteiger partial charge in [0, 0.05) is 16.8 Å². The molecular formula is C18H19N3. The summed E-state index contributed by atoms with van der Waals surface area (Å²) < 4.78 is 0. The molecule has 0 radical (unpaired) electrons. The lowest BCUT2D eigenvalue weighted by Gasteiger charge is -2.08. The summed E-state index contributed by atoms with van der Waals surface area (Å²) in [6, 6.07) is 11.6. The van der Waals surface area contributed by atoms with Crippen molar-refractivity contribution in [2.75, 3.05) is 5.73 Å². The third-order valence-corrected chi connectivity index (χ3v) is 3.14. The molecule has 0 fully saturated rings. The molecule has 3 nitrogen and oxygen atoms in total. The van der Waals surface area contributed by atoms with Crippen LogP contribution in [0.15, 0.2) is 59.3 Å². The third-order valence-electron chi connectivity index (χ3n) is 3.14. The van der Waals surface area contributed by atoms with E-state index >= 15 is 0 Å². The van der Waals surface area contributed by atoms with Crippen LogP contribution in [0, 0.1) is 6.92 Å². The van der Waals surface area contributed by atoms with Crippen LogP contribution in [0.3, 0.4) is 0 Å². The Bertz CT molecular complexity index is 695. The van der Waals surface area contributed by atoms with Gasteiger partial charge in [0.25, 0.3) is 0 Å². The van der Waals surface area contributed by atoms with Crippen LogP contribution in [0.25, 0.3) is 12.2 Å². The fraction of sp³-hybridized carbons (Fsp3) is 0.111. The number of nitrogens with zero attached hydrogens (tertiary/aromatic N) is 2. The molecule has 0 saturated carbocycles. The largest absolute Gasteiger partial charge is 0.398 e. The predicted molar refractivity (Wildman–Crippen MR) is 91.0 cm³/mol. The molecule has 0 amide bonds. The minimum atomic E-state index is 0.706. The van der Waals surface area contributed by atoms with Crippen LogP contribution in [0.5, 0.6) is 0 Å². The number of hydrogen-bond donors (Lipinski definition) is 1. The van der Waals surface area contributed by atoms with Crippen molar-refractivity contribution in [1.29, 1.82) is 0 Å². The molecular weight excluding hydrogens is 258 g/mol. The first-order valence-corrected chi connectivity index (χ1v) is 6.81. The molecule has 2 aromatic rings. The molecule has 0 spiro atoms. The van der Waals surface area contributed by atoms with Gasteiger partial charge in [0.05, 0.1) is 11.4 Å². The molecule has 2 aromatic carbocycles. The zero-order valence-electron chi connectivity index (χ0n) is 12.4. The molecule has 0 atom stereocenters. The van der Waals surface area contributed by atoms with E-state index in [0.717, 1.165) is 22.5 Å². The first-order chi connectivity index (χ1) is 10.2. The van der Waals surface area contributed by atoms with E-state index in [9.17, 15) is 0 Å². The van der Waals surface area contributed by atoms with Crippen LogP contribution in [-0.4, -0.2) is 0 Å². The van der Waals surface area contributed by atoms with Crippen molar-refractivity contribution in [3.63, 3.8) is 0 Å². The van der Waals surface area contributed by atoms with Crippen molar-refractivity contribution < 1.29 is 0 Å². The van der Waals surface area contributed by atoms with Gasteiger partial charge < -0.3 is 5.73 Å². The highest BCUT2D eigenvalue weighted by Gasteiger charge is 2.06. The van der Waals surface area contributed by atoms with Crippen LogP contribution in [0.1, 0.15) is 23.6 Å². The normalized spacial score (nSPS) is 11.3. The van der Waals surface area contributed by atoms with Crippen molar-refractivity contribution in [2.24, 2.45) is 10.2 Å². The van der Waals surface area contributed by atoms with Crippen molar-refractivity contribution in [3.8, 4) is 0 Å². The number of rotatable bonds is 4. The smallest absolute Gasteiger partial charge is 0.0936 e. The molecule has 0 heterocycles. The maximum Gasteiger partial charge on any atom is 0.0936 e. The number of nitrogen functional groups attached to an aromatic ring is 1. The molecule has 3 heteroatoms. The topological polar surface area (TPSA) is 50.7 Å². The second kappa shape index (κ2) is 6.66. The fourth-order valence-electron chi connectivity index (χ4n) is 2.02. The third kappa shape index (κ3) is 3.45. The molecule has 0 aliphatic carbocycles. The summed E-state index contributed by atoms with van der Waals surface area (Å²) in [4.78, 5) is 0. The van der Waals surface area contributed by atoms with Crippen molar-refractivity contribution in [2.45, 2.75) is 13.8 Å². The summed E-state index contributed by atoms with van der Waals surface area (Å²) in [5, 5.41) is 8.59. The van der Waals surface area contributed by atoms with Gasteiger partial charge in [0.1, 0.15) is 0 Å². The average Bonchev–Trinajstić information content (AvgIpc) is 2.49. The molecule has 21 heavy (non-hydrogen) atoms. The lowest BCUT2D eigenvalue weighted by Crippen LogP contribution is -1.92. The highest BCUT2D eigenvalue weighted by Crippen LogP contribution is 2.31. The Morgan fingerprint density at radius 1 is 1.00 bits per heavy atom. The quantitative estimate of drug-likeness (QED) is 0.568. The van der Waals surface area contributed by atoms with E-state index in [1.165, 1.54) is 5.56 Å². The summed E-state index contributed by atoms with van der Waals surface area (Å²) in [7, 11) is 0. The van der Waals surface area contributed by atoms with Crippen molar-refractivity contribution in [3.05, 3.63) is 65.7 Å². The molecule has 0 unspecified atom stereocenters. The van der Waals surface area contributed by atoms with Gasteiger partial charge in [-0.2, -0.15) is 5.11 Å². The predicted octanol–water partition coefficient (Wildman–Crippen LogP) is 5.67. The Balaban J connectivity index is 2.42. The van der Waals surface area contributed by atoms with E-state index in [4.69, 9.17) is 5.73 Å². The highest BCUT2D eigenvalue weighted by molar-refractivity contribution is 5.80. The average molecular weight is 277 g/mol. The minimum absolute atomic E-state index is 0.706. The number of aryl methyl sites for hydroxylation is 1. The van der Waals surface area contributed by atoms with E-state index in [1.807, 2.05) is 62.4 Å². The van der Waals surface area contributed by atoms with E-state index in [1.54, 1.807) is 6.08 Å². The first kappa shape index (κ1) is 14.7. The van der Waals surface area contributed by atoms with Crippen LogP contribution in [-0.2, 0) is 0 Å². The lowest BCUT2D eigenvalue weighted by atomic mass is 10.0. The van der Waals surface area contributed by atoms with Gasteiger partial charge in [-0.1, -0.05) is 42.5 Å². The number of anilines is 1. The van der Waals surface area contributed by atoms with Gasteiger partial charge in [-0.15, -0.1) is 5.11 Å². The summed E-state index contributed by atoms with van der Waals surface area (Å²) in [6.07, 6.45) is 5.66. The highest BCUT2D eigenvalue weighted by atomic mass is 15.1. The zero-order chi connectivity index (χ0) is 15.2. The fourth-order valence-corrected chi connectivity index (χ4v) is 2.02. The summed E-state index contributed by atoms with van der Waals surface area (Å²) in [6.45, 7) is 7.84. The van der Waals surface area contributed by atoms with E-state index in [0.29, 0.717) is 5.69 Å². The van der Waals surface area contributed by atoms with Gasteiger partial charge in [-0.25, -0.2) is 0 Å². The number of benzene rings is 2. The van der Waals surface area contributed by atoms with Gasteiger partial charge >= 0.3 is 0 Å². The van der Waals surface area contributed by atoms with Crippen molar-refractivity contribution >= 4 is 29.2 Å². The molecule has 0 aliphatic heterocycles. The van der Waals surface area contributed by atoms with Gasteiger partial charge in [-0.3, -0.25) is 0 Å². The molecule has 0 aromatic heterocycles. The zero-order valence-corrected chi connectivity index (χ0v) is 12.4. The summed E-state index contributed by atoms with van der Waals surface area (Å²) in [5.41, 5.74) is 11.3. The monoisotopic (exact) mass is 277 g/mol. The number of nitrogens with two attached hydrogens (primary N) is 1. The molecule has 106 valence electrons. The Labute approximate surface area is 125 Å². The molecule has 2 rings (SSSR count). The molecule has 0 bridgehead atoms. The second-order valence-electron chi connectivity index (χ2n) is 4.74. The SMILES string of the molecule is C=Cc1c(N=Nc2ccc(C)cc2)ccc(N)c1/C=C\C. The van der Waals surface area contributed by atoms with Gasteiger partial charge in [-0.05, 0) is 38.1 Å². The Morgan fingerprint density at radius 3 is 2.33 bits per heavy atom. The van der Waals surface area contributed by atoms with Gasteiger partial charge in [0.2, 0.25) is 0 Å². The van der Waals surface area contributed by atoms with Crippen LogP contribution < -0.4 is 5.73 Å². The van der Waals surface area contributed by atoms with E-state index < -0.39 is 0 Å². The maximum absolute atomic E-state index is 6.00. The van der Waals surface area contributed by atoms with Crippen LogP contribution in [0.4, 0.5) is 17.1 Å². The number of azo groups is 1. The Morgan fingerprint density at radius 2 is 1.71 bits per heavy atom. The molecule has 0 saturated heterocycles. The van der Waals surface area contributed by atoms with Crippen LogP contribution in [0.2, 0.25) is 0 Å². The van der Waals surface area contributed by atoms with E-state index in [2.05, 4.69) is 16.8 Å². The Kier molecular flexibility index (Phi) is 4.67. The van der Waals surface area contributed by atoms with E-state index in [-0.39, 0.29) is 0 Å². The number of allylic oxidation sites excluding steroid dienone is 1. The minimum Gasteiger partial charge on any atom is -0.398 e. The molecule has 0 aliphatic rings. The molecule has 2 N–H and O–H groups in total. The van der Waals surface area contributed by atoms with Gasteiger partial charge in [0.15, 0.2) is 0 Å². The maximum atomic E-state index is 6.00. The number of hydrogen-bond acceptors (Lipinski definition) is 3. The van der Waals surface area contributed by atoms with Crippen molar-refractivity contribution in [1.82, 2.24) is 0 Å². The summed E-state index contributed by atoms with van der Waals surface area (Å²) >= 11 is 0. The lowest BCUT2D eigenvalue weighted by molar-refractivity contribution is 1.22. The van der Waals surface area contributed by atoms with Crippen LogP contribution >= 0.6 is 0 Å². The first-order valence-electron chi connectivity index (χ1n) is 6.81. The Hall–Kier alpha value is -2.68. The standard InChI is InChI=1S/C18H19N3/c1-4-6-16-15(5-2)18(12-11-17(16)19)21-20-14-9-7-13(3)8-10-14/h4-12H,2,19H2,1,3H3/b6-4-,21-20?. The summed E-state index contributed by atoms with van der Waals surface area (Å²) in [5.74, 6) is 0. The second-order valence-corrected chi connectivity index (χ2v) is 4.74.